The SMILES string of the molecule is CC(=O)N[C@@H](CSc1ccc(C(F)(F)F)cc1[N+](=O)[O-])C(=O)O. The van der Waals surface area contributed by atoms with Crippen LogP contribution in [0, 0.1) is 10.1 Å². The Balaban J connectivity index is 3.01. The Bertz CT molecular complexity index is 636. The number of benzene rings is 1. The summed E-state index contributed by atoms with van der Waals surface area (Å²) in [6.45, 7) is 1.10. The number of nitrogens with one attached hydrogen (secondary N) is 1. The molecule has 0 saturated heterocycles. The highest BCUT2D eigenvalue weighted by Gasteiger charge is 2.33. The van der Waals surface area contributed by atoms with Crippen LogP contribution >= 0.6 is 11.8 Å². The molecule has 1 amide bonds. The van der Waals surface area contributed by atoms with Gasteiger partial charge in [0, 0.05) is 18.7 Å². The standard InChI is InChI=1S/C12H11F3N2O5S/c1-6(18)16-8(11(19)20)5-23-10-3-2-7(12(13,14)15)4-9(10)17(21)22/h2-4,8H,5H2,1H3,(H,16,18)(H,19,20)/t8-/m0/s1. The summed E-state index contributed by atoms with van der Waals surface area (Å²) in [4.78, 5) is 31.6. The molecule has 1 atom stereocenters. The van der Waals surface area contributed by atoms with Crippen molar-refractivity contribution in [2.24, 2.45) is 0 Å². The molecule has 0 heterocycles. The maximum absolute atomic E-state index is 12.6. The van der Waals surface area contributed by atoms with Gasteiger partial charge in [-0.2, -0.15) is 13.2 Å². The molecule has 11 heteroatoms. The second-order valence-corrected chi connectivity index (χ2v) is 5.40. The number of thioether (sulfide) groups is 1. The van der Waals surface area contributed by atoms with Gasteiger partial charge in [0.2, 0.25) is 5.91 Å². The van der Waals surface area contributed by atoms with Gasteiger partial charge in [0.15, 0.2) is 0 Å². The van der Waals surface area contributed by atoms with Crippen LogP contribution in [0.15, 0.2) is 23.1 Å². The van der Waals surface area contributed by atoms with E-state index in [2.05, 4.69) is 5.32 Å². The number of carboxylic acid groups (broad SMARTS) is 1. The molecule has 0 bridgehead atoms. The van der Waals surface area contributed by atoms with E-state index in [1.807, 2.05) is 0 Å². The number of aliphatic carboxylic acids is 1. The molecule has 23 heavy (non-hydrogen) atoms. The van der Waals surface area contributed by atoms with Gasteiger partial charge in [0.1, 0.15) is 6.04 Å². The fourth-order valence-corrected chi connectivity index (χ4v) is 2.57. The van der Waals surface area contributed by atoms with Gasteiger partial charge in [-0.15, -0.1) is 11.8 Å². The highest BCUT2D eigenvalue weighted by molar-refractivity contribution is 7.99. The lowest BCUT2D eigenvalue weighted by atomic mass is 10.2. The Labute approximate surface area is 132 Å². The van der Waals surface area contributed by atoms with Crippen LogP contribution in [0.3, 0.4) is 0 Å². The normalized spacial score (nSPS) is 12.5. The molecule has 0 aromatic heterocycles. The fourth-order valence-electron chi connectivity index (χ4n) is 1.55. The smallest absolute Gasteiger partial charge is 0.416 e. The van der Waals surface area contributed by atoms with Gasteiger partial charge >= 0.3 is 12.1 Å². The number of nitrogens with zero attached hydrogens (tertiary/aromatic N) is 1. The highest BCUT2D eigenvalue weighted by Crippen LogP contribution is 2.36. The van der Waals surface area contributed by atoms with Gasteiger partial charge in [-0.05, 0) is 12.1 Å². The third-order valence-corrected chi connectivity index (χ3v) is 3.72. The molecule has 0 radical (unpaired) electrons. The number of halogens is 3. The van der Waals surface area contributed by atoms with E-state index in [4.69, 9.17) is 5.11 Å². The molecule has 0 aliphatic heterocycles. The van der Waals surface area contributed by atoms with Gasteiger partial charge in [-0.1, -0.05) is 0 Å². The zero-order valence-electron chi connectivity index (χ0n) is 11.6. The monoisotopic (exact) mass is 352 g/mol. The lowest BCUT2D eigenvalue weighted by Gasteiger charge is -2.13. The number of amides is 1. The summed E-state index contributed by atoms with van der Waals surface area (Å²) in [6, 6.07) is 0.637. The quantitative estimate of drug-likeness (QED) is 0.462. The summed E-state index contributed by atoms with van der Waals surface area (Å²) in [6.07, 6.45) is -4.73. The van der Waals surface area contributed by atoms with Gasteiger partial charge in [-0.3, -0.25) is 14.9 Å². The molecule has 1 aromatic rings. The molecular weight excluding hydrogens is 341 g/mol. The lowest BCUT2D eigenvalue weighted by molar-refractivity contribution is -0.388. The minimum Gasteiger partial charge on any atom is -0.480 e. The molecule has 0 aliphatic carbocycles. The first-order chi connectivity index (χ1) is 10.5. The van der Waals surface area contributed by atoms with Gasteiger partial charge in [0.25, 0.3) is 5.69 Å². The Morgan fingerprint density at radius 3 is 2.48 bits per heavy atom. The third-order valence-electron chi connectivity index (χ3n) is 2.56. The van der Waals surface area contributed by atoms with Crippen LogP contribution in [0.25, 0.3) is 0 Å². The molecule has 7 nitrogen and oxygen atoms in total. The van der Waals surface area contributed by atoms with Crippen LogP contribution < -0.4 is 5.32 Å². The molecule has 0 unspecified atom stereocenters. The molecule has 0 aliphatic rings. The van der Waals surface area contributed by atoms with Crippen molar-refractivity contribution in [3.63, 3.8) is 0 Å². The van der Waals surface area contributed by atoms with Crippen LogP contribution in [0.4, 0.5) is 18.9 Å². The van der Waals surface area contributed by atoms with E-state index >= 15 is 0 Å². The largest absolute Gasteiger partial charge is 0.480 e. The Morgan fingerprint density at radius 2 is 2.04 bits per heavy atom. The molecule has 0 spiro atoms. The number of rotatable bonds is 6. The number of carbonyl (C=O) groups is 2. The summed E-state index contributed by atoms with van der Waals surface area (Å²) >= 11 is 0.669. The van der Waals surface area contributed by atoms with Crippen LogP contribution in [0.5, 0.6) is 0 Å². The van der Waals surface area contributed by atoms with E-state index in [0.717, 1.165) is 13.0 Å². The van der Waals surface area contributed by atoms with E-state index in [1.54, 1.807) is 0 Å². The fraction of sp³-hybridized carbons (Fsp3) is 0.333. The number of hydrogen-bond acceptors (Lipinski definition) is 5. The van der Waals surface area contributed by atoms with Crippen LogP contribution in [0.1, 0.15) is 12.5 Å². The zero-order valence-corrected chi connectivity index (χ0v) is 12.4. The van der Waals surface area contributed by atoms with E-state index in [1.165, 1.54) is 0 Å². The van der Waals surface area contributed by atoms with E-state index in [-0.39, 0.29) is 10.6 Å². The third kappa shape index (κ3) is 5.43. The average molecular weight is 352 g/mol. The molecule has 1 aromatic carbocycles. The summed E-state index contributed by atoms with van der Waals surface area (Å²) in [5.41, 5.74) is -1.96. The summed E-state index contributed by atoms with van der Waals surface area (Å²) in [5, 5.41) is 21.9. The number of nitro benzene ring substituents is 1. The van der Waals surface area contributed by atoms with Crippen LogP contribution in [-0.2, 0) is 15.8 Å². The highest BCUT2D eigenvalue weighted by atomic mass is 32.2. The van der Waals surface area contributed by atoms with Crippen molar-refractivity contribution in [1.82, 2.24) is 5.32 Å². The van der Waals surface area contributed by atoms with Crippen molar-refractivity contribution in [3.8, 4) is 0 Å². The summed E-state index contributed by atoms with van der Waals surface area (Å²) in [7, 11) is 0. The maximum Gasteiger partial charge on any atom is 0.416 e. The van der Waals surface area contributed by atoms with Crippen molar-refractivity contribution in [1.29, 1.82) is 0 Å². The Kier molecular flexibility index (Phi) is 5.96. The number of carbonyl (C=O) groups excluding carboxylic acids is 1. The second-order valence-electron chi connectivity index (χ2n) is 4.34. The molecule has 2 N–H and O–H groups in total. The molecule has 126 valence electrons. The molecular formula is C12H11F3N2O5S. The number of alkyl halides is 3. The molecule has 0 saturated carbocycles. The minimum atomic E-state index is -4.73. The first-order valence-corrected chi connectivity index (χ1v) is 6.99. The topological polar surface area (TPSA) is 110 Å². The Morgan fingerprint density at radius 1 is 1.43 bits per heavy atom. The number of carboxylic acids is 1. The predicted octanol–water partition coefficient (Wildman–Crippen LogP) is 2.29. The van der Waals surface area contributed by atoms with Crippen LogP contribution in [0.2, 0.25) is 0 Å². The van der Waals surface area contributed by atoms with Crippen molar-refractivity contribution in [2.75, 3.05) is 5.75 Å². The first kappa shape index (κ1) is 18.7. The van der Waals surface area contributed by atoms with E-state index in [9.17, 15) is 32.9 Å². The van der Waals surface area contributed by atoms with Crippen molar-refractivity contribution < 1.29 is 32.8 Å². The number of hydrogen-bond donors (Lipinski definition) is 2. The second kappa shape index (κ2) is 7.31. The predicted molar refractivity (Wildman–Crippen MR) is 74.1 cm³/mol. The number of nitro groups is 1. The summed E-state index contributed by atoms with van der Waals surface area (Å²) in [5.74, 6) is -2.25. The molecule has 0 fully saturated rings. The summed E-state index contributed by atoms with van der Waals surface area (Å²) < 4.78 is 37.7. The van der Waals surface area contributed by atoms with Gasteiger partial charge < -0.3 is 10.4 Å². The zero-order chi connectivity index (χ0) is 17.8. The van der Waals surface area contributed by atoms with E-state index < -0.39 is 40.3 Å². The minimum absolute atomic E-state index is 0.125. The van der Waals surface area contributed by atoms with E-state index in [0.29, 0.717) is 23.9 Å². The average Bonchev–Trinajstić information content (AvgIpc) is 2.41. The van der Waals surface area contributed by atoms with Crippen molar-refractivity contribution in [3.05, 3.63) is 33.9 Å². The first-order valence-electron chi connectivity index (χ1n) is 6.00. The Hall–Kier alpha value is -2.30. The maximum atomic E-state index is 12.6. The lowest BCUT2D eigenvalue weighted by Crippen LogP contribution is -2.41. The van der Waals surface area contributed by atoms with Crippen molar-refractivity contribution >= 4 is 29.3 Å². The van der Waals surface area contributed by atoms with Crippen LogP contribution in [-0.4, -0.2) is 33.7 Å². The van der Waals surface area contributed by atoms with Crippen molar-refractivity contribution in [2.45, 2.75) is 24.0 Å². The molecule has 1 rings (SSSR count). The van der Waals surface area contributed by atoms with Gasteiger partial charge in [-0.25, -0.2) is 4.79 Å². The van der Waals surface area contributed by atoms with Gasteiger partial charge in [0.05, 0.1) is 15.4 Å².